The van der Waals surface area contributed by atoms with Crippen LogP contribution in [0.2, 0.25) is 5.02 Å². The van der Waals surface area contributed by atoms with Crippen LogP contribution in [0.15, 0.2) is 42.5 Å². The highest BCUT2D eigenvalue weighted by molar-refractivity contribution is 6.31. The Morgan fingerprint density at radius 3 is 2.52 bits per heavy atom. The number of ether oxygens (including phenoxy) is 2. The van der Waals surface area contributed by atoms with E-state index in [2.05, 4.69) is 10.6 Å². The summed E-state index contributed by atoms with van der Waals surface area (Å²) in [5.41, 5.74) is 0.783. The molecule has 0 aromatic heterocycles. The highest BCUT2D eigenvalue weighted by atomic mass is 35.5. The molecular formula is C20H18ClN3O5. The summed E-state index contributed by atoms with van der Waals surface area (Å²) in [6, 6.07) is 12.7. The van der Waals surface area contributed by atoms with E-state index in [-0.39, 0.29) is 11.3 Å². The van der Waals surface area contributed by atoms with Crippen LogP contribution in [0.5, 0.6) is 5.75 Å². The predicted octanol–water partition coefficient (Wildman–Crippen LogP) is 2.52. The Bertz CT molecular complexity index is 938. The van der Waals surface area contributed by atoms with Crippen molar-refractivity contribution < 1.29 is 23.9 Å². The predicted molar refractivity (Wildman–Crippen MR) is 106 cm³/mol. The molecule has 0 aliphatic rings. The molecule has 2 rings (SSSR count). The zero-order valence-electron chi connectivity index (χ0n) is 15.5. The van der Waals surface area contributed by atoms with E-state index < -0.39 is 30.9 Å². The maximum absolute atomic E-state index is 12.0. The lowest BCUT2D eigenvalue weighted by atomic mass is 10.2. The first-order valence-corrected chi connectivity index (χ1v) is 8.97. The van der Waals surface area contributed by atoms with E-state index in [0.29, 0.717) is 22.9 Å². The Morgan fingerprint density at radius 2 is 1.86 bits per heavy atom. The molecule has 0 saturated heterocycles. The summed E-state index contributed by atoms with van der Waals surface area (Å²) >= 11 is 5.84. The third-order valence-corrected chi connectivity index (χ3v) is 3.80. The zero-order chi connectivity index (χ0) is 21.2. The average molecular weight is 416 g/mol. The number of amides is 2. The number of hydrogen-bond donors (Lipinski definition) is 2. The van der Waals surface area contributed by atoms with Crippen molar-refractivity contribution in [3.05, 3.63) is 58.6 Å². The second-order valence-corrected chi connectivity index (χ2v) is 6.09. The summed E-state index contributed by atoms with van der Waals surface area (Å²) in [5, 5.41) is 14.2. The van der Waals surface area contributed by atoms with Gasteiger partial charge in [-0.05, 0) is 49.4 Å². The lowest BCUT2D eigenvalue weighted by Crippen LogP contribution is -2.32. The number of nitriles is 1. The molecule has 0 unspecified atom stereocenters. The molecular weight excluding hydrogens is 398 g/mol. The first-order chi connectivity index (χ1) is 13.9. The highest BCUT2D eigenvalue weighted by Gasteiger charge is 2.12. The molecule has 2 aromatic rings. The van der Waals surface area contributed by atoms with Crippen molar-refractivity contribution in [2.24, 2.45) is 0 Å². The Kier molecular flexibility index (Phi) is 8.00. The van der Waals surface area contributed by atoms with Crippen LogP contribution in [0.3, 0.4) is 0 Å². The summed E-state index contributed by atoms with van der Waals surface area (Å²) in [5.74, 6) is -1.26. The Labute approximate surface area is 172 Å². The minimum absolute atomic E-state index is 0.213. The molecule has 29 heavy (non-hydrogen) atoms. The van der Waals surface area contributed by atoms with E-state index in [1.54, 1.807) is 24.3 Å². The number of nitrogens with zero attached hydrogens (tertiary/aromatic N) is 1. The molecule has 9 heteroatoms. The number of anilines is 1. The van der Waals surface area contributed by atoms with Crippen molar-refractivity contribution >= 4 is 35.1 Å². The number of benzene rings is 2. The standard InChI is InChI=1S/C20H18ClN3O5/c1-2-28-16-7-4-13(5-8-16)20(27)23-11-19(26)29-12-18(25)24-17-9-15(21)6-3-14(17)10-22/h3-9H,2,11-12H2,1H3,(H,23,27)(H,24,25). The fourth-order valence-corrected chi connectivity index (χ4v) is 2.40. The Balaban J connectivity index is 1.78. The molecule has 2 N–H and O–H groups in total. The Morgan fingerprint density at radius 1 is 1.14 bits per heavy atom. The molecule has 150 valence electrons. The molecule has 0 saturated carbocycles. The Hall–Kier alpha value is -3.57. The van der Waals surface area contributed by atoms with E-state index in [4.69, 9.17) is 26.3 Å². The largest absolute Gasteiger partial charge is 0.494 e. The third-order valence-electron chi connectivity index (χ3n) is 3.56. The van der Waals surface area contributed by atoms with Crippen molar-refractivity contribution in [1.29, 1.82) is 5.26 Å². The van der Waals surface area contributed by atoms with Gasteiger partial charge in [0.25, 0.3) is 11.8 Å². The highest BCUT2D eigenvalue weighted by Crippen LogP contribution is 2.20. The number of carbonyl (C=O) groups is 3. The maximum Gasteiger partial charge on any atom is 0.325 e. The van der Waals surface area contributed by atoms with Gasteiger partial charge in [-0.15, -0.1) is 0 Å². The quantitative estimate of drug-likeness (QED) is 0.639. The lowest BCUT2D eigenvalue weighted by Gasteiger charge is -2.09. The molecule has 0 aliphatic carbocycles. The van der Waals surface area contributed by atoms with Gasteiger partial charge in [0.15, 0.2) is 6.61 Å². The van der Waals surface area contributed by atoms with Gasteiger partial charge in [-0.3, -0.25) is 14.4 Å². The smallest absolute Gasteiger partial charge is 0.325 e. The summed E-state index contributed by atoms with van der Waals surface area (Å²) in [7, 11) is 0. The summed E-state index contributed by atoms with van der Waals surface area (Å²) in [6.45, 7) is 1.39. The van der Waals surface area contributed by atoms with Gasteiger partial charge in [-0.25, -0.2) is 0 Å². The molecule has 0 aliphatic heterocycles. The number of hydrogen-bond acceptors (Lipinski definition) is 6. The van der Waals surface area contributed by atoms with Gasteiger partial charge < -0.3 is 20.1 Å². The van der Waals surface area contributed by atoms with Gasteiger partial charge in [0.2, 0.25) is 0 Å². The van der Waals surface area contributed by atoms with Gasteiger partial charge in [-0.2, -0.15) is 5.26 Å². The van der Waals surface area contributed by atoms with Gasteiger partial charge in [0.1, 0.15) is 18.4 Å². The minimum atomic E-state index is -0.786. The van der Waals surface area contributed by atoms with Crippen LogP contribution >= 0.6 is 11.6 Å². The van der Waals surface area contributed by atoms with E-state index in [0.717, 1.165) is 0 Å². The summed E-state index contributed by atoms with van der Waals surface area (Å²) in [6.07, 6.45) is 0. The second kappa shape index (κ2) is 10.7. The van der Waals surface area contributed by atoms with Gasteiger partial charge in [0.05, 0.1) is 17.9 Å². The second-order valence-electron chi connectivity index (χ2n) is 5.65. The van der Waals surface area contributed by atoms with Crippen LogP contribution < -0.4 is 15.4 Å². The van der Waals surface area contributed by atoms with Crippen molar-refractivity contribution in [3.8, 4) is 11.8 Å². The molecule has 2 amide bonds. The molecule has 0 bridgehead atoms. The zero-order valence-corrected chi connectivity index (χ0v) is 16.3. The average Bonchev–Trinajstić information content (AvgIpc) is 2.71. The topological polar surface area (TPSA) is 118 Å². The van der Waals surface area contributed by atoms with Gasteiger partial charge in [-0.1, -0.05) is 11.6 Å². The number of carbonyl (C=O) groups excluding carboxylic acids is 3. The van der Waals surface area contributed by atoms with Crippen LogP contribution in [0.1, 0.15) is 22.8 Å². The SMILES string of the molecule is CCOc1ccc(C(=O)NCC(=O)OCC(=O)Nc2cc(Cl)ccc2C#N)cc1. The van der Waals surface area contributed by atoms with Crippen LogP contribution in [0, 0.1) is 11.3 Å². The number of esters is 1. The molecule has 2 aromatic carbocycles. The molecule has 0 radical (unpaired) electrons. The molecule has 0 fully saturated rings. The summed E-state index contributed by atoms with van der Waals surface area (Å²) in [4.78, 5) is 35.7. The monoisotopic (exact) mass is 415 g/mol. The fraction of sp³-hybridized carbons (Fsp3) is 0.200. The van der Waals surface area contributed by atoms with Crippen LogP contribution in [0.4, 0.5) is 5.69 Å². The van der Waals surface area contributed by atoms with Gasteiger partial charge >= 0.3 is 5.97 Å². The minimum Gasteiger partial charge on any atom is -0.494 e. The fourth-order valence-electron chi connectivity index (χ4n) is 2.22. The van der Waals surface area contributed by atoms with E-state index >= 15 is 0 Å². The number of rotatable bonds is 8. The van der Waals surface area contributed by atoms with Crippen molar-refractivity contribution in [1.82, 2.24) is 5.32 Å². The van der Waals surface area contributed by atoms with Crippen LogP contribution in [-0.2, 0) is 14.3 Å². The first-order valence-electron chi connectivity index (χ1n) is 8.59. The molecule has 0 atom stereocenters. The number of halogens is 1. The molecule has 0 heterocycles. The molecule has 0 spiro atoms. The van der Waals surface area contributed by atoms with E-state index in [1.807, 2.05) is 13.0 Å². The third kappa shape index (κ3) is 6.83. The first kappa shape index (κ1) is 21.7. The van der Waals surface area contributed by atoms with Crippen LogP contribution in [-0.4, -0.2) is 37.5 Å². The van der Waals surface area contributed by atoms with Gasteiger partial charge in [0, 0.05) is 10.6 Å². The van der Waals surface area contributed by atoms with Crippen LogP contribution in [0.25, 0.3) is 0 Å². The van der Waals surface area contributed by atoms with E-state index in [1.165, 1.54) is 18.2 Å². The van der Waals surface area contributed by atoms with E-state index in [9.17, 15) is 14.4 Å². The van der Waals surface area contributed by atoms with Crippen molar-refractivity contribution in [2.75, 3.05) is 25.1 Å². The molecule has 8 nitrogen and oxygen atoms in total. The van der Waals surface area contributed by atoms with Crippen molar-refractivity contribution in [3.63, 3.8) is 0 Å². The normalized spacial score (nSPS) is 9.83. The lowest BCUT2D eigenvalue weighted by molar-refractivity contribution is -0.146. The summed E-state index contributed by atoms with van der Waals surface area (Å²) < 4.78 is 10.1. The maximum atomic E-state index is 12.0. The van der Waals surface area contributed by atoms with Crippen molar-refractivity contribution in [2.45, 2.75) is 6.92 Å². The number of nitrogens with one attached hydrogen (secondary N) is 2.